The van der Waals surface area contributed by atoms with Crippen LogP contribution in [0.5, 0.6) is 0 Å². The second-order valence-electron chi connectivity index (χ2n) is 10.1. The van der Waals surface area contributed by atoms with Crippen molar-refractivity contribution in [1.82, 2.24) is 24.5 Å². The topological polar surface area (TPSA) is 102 Å². The van der Waals surface area contributed by atoms with Crippen molar-refractivity contribution in [2.45, 2.75) is 64.4 Å². The van der Waals surface area contributed by atoms with Gasteiger partial charge in [0.2, 0.25) is 0 Å². The SMILES string of the molecule is CC(C)(C)OC(=O)N1CCC(c2cn3ncnc3c(Nc3ccc4c(c3)CC(=O)CCC4)n2)C1. The minimum atomic E-state index is -0.525. The van der Waals surface area contributed by atoms with Gasteiger partial charge in [0.05, 0.1) is 11.9 Å². The first-order valence-electron chi connectivity index (χ1n) is 11.8. The highest BCUT2D eigenvalue weighted by molar-refractivity contribution is 5.82. The summed E-state index contributed by atoms with van der Waals surface area (Å²) < 4.78 is 7.25. The molecule has 1 fully saturated rings. The molecule has 2 aromatic heterocycles. The van der Waals surface area contributed by atoms with Gasteiger partial charge < -0.3 is 15.0 Å². The number of nitrogens with zero attached hydrogens (tertiary/aromatic N) is 5. The van der Waals surface area contributed by atoms with Crippen LogP contribution < -0.4 is 5.32 Å². The molecule has 1 aliphatic heterocycles. The largest absolute Gasteiger partial charge is 0.444 e. The normalized spacial score (nSPS) is 18.6. The van der Waals surface area contributed by atoms with Gasteiger partial charge in [0.1, 0.15) is 17.7 Å². The maximum atomic E-state index is 12.5. The molecule has 1 aromatic carbocycles. The van der Waals surface area contributed by atoms with Crippen molar-refractivity contribution >= 4 is 29.0 Å². The number of ether oxygens (including phenoxy) is 1. The van der Waals surface area contributed by atoms with Crippen LogP contribution in [0, 0.1) is 0 Å². The molecule has 9 heteroatoms. The first-order chi connectivity index (χ1) is 16.2. The average molecular weight is 463 g/mol. The molecule has 3 heterocycles. The summed E-state index contributed by atoms with van der Waals surface area (Å²) in [4.78, 5) is 35.6. The molecule has 1 atom stereocenters. The Labute approximate surface area is 198 Å². The number of hydrogen-bond donors (Lipinski definition) is 1. The number of likely N-dealkylation sites (tertiary alicyclic amines) is 1. The number of ketones is 1. The Hall–Kier alpha value is -3.49. The highest BCUT2D eigenvalue weighted by Crippen LogP contribution is 2.30. The lowest BCUT2D eigenvalue weighted by molar-refractivity contribution is -0.118. The Morgan fingerprint density at radius 2 is 2.06 bits per heavy atom. The summed E-state index contributed by atoms with van der Waals surface area (Å²) in [5.74, 6) is 0.962. The van der Waals surface area contributed by atoms with E-state index < -0.39 is 5.60 Å². The highest BCUT2D eigenvalue weighted by atomic mass is 16.6. The van der Waals surface area contributed by atoms with E-state index in [1.54, 1.807) is 9.42 Å². The molecule has 178 valence electrons. The molecular weight excluding hydrogens is 432 g/mol. The second kappa shape index (κ2) is 8.70. The Balaban J connectivity index is 1.39. The van der Waals surface area contributed by atoms with E-state index in [9.17, 15) is 9.59 Å². The van der Waals surface area contributed by atoms with Crippen LogP contribution in [0.3, 0.4) is 0 Å². The van der Waals surface area contributed by atoms with Crippen LogP contribution in [0.15, 0.2) is 30.7 Å². The third-order valence-corrected chi connectivity index (χ3v) is 6.30. The van der Waals surface area contributed by atoms with E-state index >= 15 is 0 Å². The average Bonchev–Trinajstić information content (AvgIpc) is 3.40. The summed E-state index contributed by atoms with van der Waals surface area (Å²) in [5.41, 5.74) is 4.12. The number of benzene rings is 1. The van der Waals surface area contributed by atoms with E-state index in [1.807, 2.05) is 39.1 Å². The highest BCUT2D eigenvalue weighted by Gasteiger charge is 2.32. The predicted octanol–water partition coefficient (Wildman–Crippen LogP) is 4.04. The van der Waals surface area contributed by atoms with Gasteiger partial charge in [-0.05, 0) is 63.3 Å². The van der Waals surface area contributed by atoms with Gasteiger partial charge >= 0.3 is 6.09 Å². The Morgan fingerprint density at radius 3 is 2.88 bits per heavy atom. The fourth-order valence-corrected chi connectivity index (χ4v) is 4.65. The van der Waals surface area contributed by atoms with Crippen molar-refractivity contribution in [3.8, 4) is 0 Å². The van der Waals surface area contributed by atoms with Gasteiger partial charge in [0.15, 0.2) is 11.5 Å². The maximum absolute atomic E-state index is 12.5. The number of Topliss-reactive ketones (excluding diaryl/α,β-unsaturated/α-hetero) is 1. The van der Waals surface area contributed by atoms with Crippen molar-refractivity contribution in [2.75, 3.05) is 18.4 Å². The van der Waals surface area contributed by atoms with Crippen molar-refractivity contribution in [3.63, 3.8) is 0 Å². The quantitative estimate of drug-likeness (QED) is 0.586. The molecule has 1 unspecified atom stereocenters. The number of carbonyl (C=O) groups excluding carboxylic acids is 2. The standard InChI is InChI=1S/C25H30N6O3/c1-25(2,3)34-24(33)30-10-9-17(13-30)21-14-31-23(26-15-27-31)22(29-21)28-19-8-7-16-5-4-6-20(32)12-18(16)11-19/h7-8,11,14-15,17H,4-6,9-10,12-13H2,1-3H3,(H,28,29). The summed E-state index contributed by atoms with van der Waals surface area (Å²) in [5, 5.41) is 7.72. The molecule has 1 aliphatic carbocycles. The molecule has 0 bridgehead atoms. The molecule has 1 amide bonds. The van der Waals surface area contributed by atoms with Crippen LogP contribution in [-0.4, -0.2) is 55.0 Å². The maximum Gasteiger partial charge on any atom is 0.410 e. The minimum Gasteiger partial charge on any atom is -0.444 e. The van der Waals surface area contributed by atoms with Gasteiger partial charge in [-0.3, -0.25) is 4.79 Å². The minimum absolute atomic E-state index is 0.0753. The van der Waals surface area contributed by atoms with Crippen molar-refractivity contribution in [1.29, 1.82) is 0 Å². The molecule has 1 saturated heterocycles. The van der Waals surface area contributed by atoms with Crippen LogP contribution in [0.1, 0.15) is 62.8 Å². The number of nitrogens with one attached hydrogen (secondary N) is 1. The van der Waals surface area contributed by atoms with E-state index in [2.05, 4.69) is 21.5 Å². The summed E-state index contributed by atoms with van der Waals surface area (Å²) in [7, 11) is 0. The lowest BCUT2D eigenvalue weighted by Gasteiger charge is -2.24. The second-order valence-corrected chi connectivity index (χ2v) is 10.1. The Morgan fingerprint density at radius 1 is 1.21 bits per heavy atom. The first-order valence-corrected chi connectivity index (χ1v) is 11.8. The van der Waals surface area contributed by atoms with Crippen LogP contribution in [0.4, 0.5) is 16.3 Å². The molecule has 3 aromatic rings. The number of amides is 1. The number of rotatable bonds is 3. The van der Waals surface area contributed by atoms with Crippen LogP contribution in [0.25, 0.3) is 5.65 Å². The zero-order valence-corrected chi connectivity index (χ0v) is 19.9. The zero-order chi connectivity index (χ0) is 23.9. The van der Waals surface area contributed by atoms with Crippen molar-refractivity contribution in [2.24, 2.45) is 0 Å². The van der Waals surface area contributed by atoms with Crippen LogP contribution in [-0.2, 0) is 22.4 Å². The zero-order valence-electron chi connectivity index (χ0n) is 19.9. The molecule has 5 rings (SSSR count). The van der Waals surface area contributed by atoms with Crippen molar-refractivity contribution < 1.29 is 14.3 Å². The first kappa shape index (κ1) is 22.3. The molecule has 2 aliphatic rings. The van der Waals surface area contributed by atoms with E-state index in [1.165, 1.54) is 11.9 Å². The Kier molecular flexibility index (Phi) is 5.71. The summed E-state index contributed by atoms with van der Waals surface area (Å²) >= 11 is 0. The third kappa shape index (κ3) is 4.73. The fourth-order valence-electron chi connectivity index (χ4n) is 4.65. The molecule has 0 saturated carbocycles. The number of carbonyl (C=O) groups is 2. The van der Waals surface area contributed by atoms with Gasteiger partial charge in [-0.25, -0.2) is 19.3 Å². The molecule has 0 radical (unpaired) electrons. The van der Waals surface area contributed by atoms with Crippen LogP contribution >= 0.6 is 0 Å². The monoisotopic (exact) mass is 462 g/mol. The van der Waals surface area contributed by atoms with Crippen LogP contribution in [0.2, 0.25) is 0 Å². The molecule has 1 N–H and O–H groups in total. The van der Waals surface area contributed by atoms with Gasteiger partial charge in [-0.1, -0.05) is 6.07 Å². The summed E-state index contributed by atoms with van der Waals surface area (Å²) in [6, 6.07) is 6.16. The number of aromatic nitrogens is 4. The predicted molar refractivity (Wildman–Crippen MR) is 127 cm³/mol. The number of aryl methyl sites for hydroxylation is 1. The smallest absolute Gasteiger partial charge is 0.410 e. The number of hydrogen-bond acceptors (Lipinski definition) is 7. The van der Waals surface area contributed by atoms with E-state index in [-0.39, 0.29) is 17.8 Å². The van der Waals surface area contributed by atoms with Gasteiger partial charge in [0.25, 0.3) is 0 Å². The fraction of sp³-hybridized carbons (Fsp3) is 0.480. The Bertz CT molecular complexity index is 1250. The molecule has 0 spiro atoms. The van der Waals surface area contributed by atoms with E-state index in [4.69, 9.17) is 9.72 Å². The summed E-state index contributed by atoms with van der Waals surface area (Å²) in [6.45, 7) is 6.78. The van der Waals surface area contributed by atoms with Gasteiger partial charge in [0, 0.05) is 37.5 Å². The number of anilines is 2. The summed E-state index contributed by atoms with van der Waals surface area (Å²) in [6.07, 6.45) is 6.84. The van der Waals surface area contributed by atoms with E-state index in [0.29, 0.717) is 37.4 Å². The molecule has 34 heavy (non-hydrogen) atoms. The lowest BCUT2D eigenvalue weighted by Crippen LogP contribution is -2.35. The van der Waals surface area contributed by atoms with Gasteiger partial charge in [-0.2, -0.15) is 5.10 Å². The van der Waals surface area contributed by atoms with Crippen molar-refractivity contribution in [3.05, 3.63) is 47.5 Å². The third-order valence-electron chi connectivity index (χ3n) is 6.30. The molecule has 9 nitrogen and oxygen atoms in total. The van der Waals surface area contributed by atoms with Gasteiger partial charge in [-0.15, -0.1) is 0 Å². The van der Waals surface area contributed by atoms with E-state index in [0.717, 1.165) is 36.2 Å². The lowest BCUT2D eigenvalue weighted by atomic mass is 10.0. The molecular formula is C25H30N6O3. The number of fused-ring (bicyclic) bond motifs is 2.